The lowest BCUT2D eigenvalue weighted by atomic mass is 9.62. The van der Waals surface area contributed by atoms with Crippen LogP contribution in [0.5, 0.6) is 0 Å². The van der Waals surface area contributed by atoms with Crippen LogP contribution >= 0.6 is 22.6 Å². The predicted octanol–water partition coefficient (Wildman–Crippen LogP) is 2.21. The molecule has 0 aromatic carbocycles. The van der Waals surface area contributed by atoms with Gasteiger partial charge in [0.2, 0.25) is 0 Å². The molecule has 4 atom stereocenters. The Morgan fingerprint density at radius 1 is 1.65 bits per heavy atom. The molecular weight excluding hydrogens is 371 g/mol. The third-order valence-corrected chi connectivity index (χ3v) is 5.63. The second kappa shape index (κ2) is 5.93. The Balaban J connectivity index is 2.20. The number of hydrogen-bond donors (Lipinski definition) is 2. The minimum atomic E-state index is -0.659. The molecule has 0 aromatic heterocycles. The molecule has 4 nitrogen and oxygen atoms in total. The van der Waals surface area contributed by atoms with Crippen molar-refractivity contribution >= 4 is 28.6 Å². The minimum absolute atomic E-state index is 0.0242. The number of aliphatic hydroxyl groups excluding tert-OH is 2. The number of hydrogen-bond acceptors (Lipinski definition) is 4. The average molecular weight is 394 g/mol. The number of aliphatic hydroxyl groups is 2. The van der Waals surface area contributed by atoms with Gasteiger partial charge in [-0.2, -0.15) is 0 Å². The van der Waals surface area contributed by atoms with E-state index in [1.165, 1.54) is 0 Å². The fourth-order valence-electron chi connectivity index (χ4n) is 3.61. The van der Waals surface area contributed by atoms with Gasteiger partial charge < -0.3 is 14.9 Å². The SMILES string of the molecule is CC(CI)C(=O)OC1(C)C=C2CC(O)CC(CO)(C2)C1. The molecule has 0 spiro atoms. The number of carbonyl (C=O) groups is 1. The molecule has 2 N–H and O–H groups in total. The van der Waals surface area contributed by atoms with Crippen LogP contribution in [0.15, 0.2) is 11.6 Å². The number of fused-ring (bicyclic) bond motifs is 2. The standard InChI is InChI=1S/C15H23IO4/c1-10(7-16)13(19)20-14(2)4-11-3-12(18)6-15(5-11,8-14)9-17/h4,10,12,17-18H,3,5-9H2,1-2H3. The summed E-state index contributed by atoms with van der Waals surface area (Å²) < 4.78 is 6.45. The molecule has 0 saturated heterocycles. The van der Waals surface area contributed by atoms with Crippen molar-refractivity contribution in [3.8, 4) is 0 Å². The van der Waals surface area contributed by atoms with E-state index in [1.807, 2.05) is 19.9 Å². The molecule has 2 rings (SSSR count). The van der Waals surface area contributed by atoms with Crippen LogP contribution in [0.1, 0.15) is 39.5 Å². The Bertz CT molecular complexity index is 422. The molecule has 0 radical (unpaired) electrons. The topological polar surface area (TPSA) is 66.8 Å². The molecule has 0 amide bonds. The Hall–Kier alpha value is -0.140. The second-order valence-electron chi connectivity index (χ2n) is 6.67. The highest BCUT2D eigenvalue weighted by molar-refractivity contribution is 14.1. The number of esters is 1. The first-order chi connectivity index (χ1) is 9.31. The zero-order valence-electron chi connectivity index (χ0n) is 12.1. The molecular formula is C15H23IO4. The summed E-state index contributed by atoms with van der Waals surface area (Å²) >= 11 is 2.18. The molecule has 20 heavy (non-hydrogen) atoms. The van der Waals surface area contributed by atoms with Gasteiger partial charge in [-0.1, -0.05) is 35.1 Å². The first-order valence-electron chi connectivity index (χ1n) is 7.10. The normalized spacial score (nSPS) is 38.0. The zero-order chi connectivity index (χ0) is 15.0. The largest absolute Gasteiger partial charge is 0.455 e. The molecule has 2 bridgehead atoms. The van der Waals surface area contributed by atoms with Gasteiger partial charge in [-0.15, -0.1) is 0 Å². The highest BCUT2D eigenvalue weighted by atomic mass is 127. The van der Waals surface area contributed by atoms with E-state index in [-0.39, 0.29) is 23.9 Å². The van der Waals surface area contributed by atoms with Crippen molar-refractivity contribution in [2.45, 2.75) is 51.2 Å². The van der Waals surface area contributed by atoms with E-state index in [2.05, 4.69) is 22.6 Å². The average Bonchev–Trinajstić information content (AvgIpc) is 2.35. The molecule has 5 heteroatoms. The Labute approximate surface area is 133 Å². The Kier molecular flexibility index (Phi) is 4.81. The highest BCUT2D eigenvalue weighted by Gasteiger charge is 2.48. The minimum Gasteiger partial charge on any atom is -0.455 e. The number of halogens is 1. The molecule has 114 valence electrons. The van der Waals surface area contributed by atoms with Crippen molar-refractivity contribution in [1.29, 1.82) is 0 Å². The molecule has 2 aliphatic rings. The van der Waals surface area contributed by atoms with Crippen LogP contribution in [0, 0.1) is 11.3 Å². The van der Waals surface area contributed by atoms with Crippen LogP contribution in [0.25, 0.3) is 0 Å². The number of rotatable bonds is 4. The van der Waals surface area contributed by atoms with Crippen molar-refractivity contribution in [1.82, 2.24) is 0 Å². The van der Waals surface area contributed by atoms with E-state index >= 15 is 0 Å². The van der Waals surface area contributed by atoms with Gasteiger partial charge in [0, 0.05) is 16.4 Å². The van der Waals surface area contributed by atoms with Gasteiger partial charge in [0.15, 0.2) is 0 Å². The highest BCUT2D eigenvalue weighted by Crippen LogP contribution is 2.50. The molecule has 2 aliphatic carbocycles. The fourth-order valence-corrected chi connectivity index (χ4v) is 3.97. The van der Waals surface area contributed by atoms with E-state index in [1.54, 1.807) is 0 Å². The second-order valence-corrected chi connectivity index (χ2v) is 7.55. The Morgan fingerprint density at radius 2 is 2.35 bits per heavy atom. The van der Waals surface area contributed by atoms with Gasteiger partial charge >= 0.3 is 5.97 Å². The van der Waals surface area contributed by atoms with Gasteiger partial charge in [-0.05, 0) is 38.7 Å². The maximum atomic E-state index is 12.1. The van der Waals surface area contributed by atoms with Gasteiger partial charge in [0.25, 0.3) is 0 Å². The van der Waals surface area contributed by atoms with Crippen molar-refractivity contribution < 1.29 is 19.7 Å². The van der Waals surface area contributed by atoms with Gasteiger partial charge in [-0.3, -0.25) is 4.79 Å². The lowest BCUT2D eigenvalue weighted by molar-refractivity contribution is -0.163. The summed E-state index contributed by atoms with van der Waals surface area (Å²) in [4.78, 5) is 12.1. The van der Waals surface area contributed by atoms with Crippen molar-refractivity contribution in [2.75, 3.05) is 11.0 Å². The predicted molar refractivity (Wildman–Crippen MR) is 84.6 cm³/mol. The Morgan fingerprint density at radius 3 is 2.95 bits per heavy atom. The first-order valence-corrected chi connectivity index (χ1v) is 8.62. The molecule has 0 aliphatic heterocycles. The number of carbonyl (C=O) groups excluding carboxylic acids is 1. The first kappa shape index (κ1) is 16.2. The molecule has 0 aromatic rings. The van der Waals surface area contributed by atoms with E-state index in [9.17, 15) is 15.0 Å². The van der Waals surface area contributed by atoms with Crippen molar-refractivity contribution in [3.63, 3.8) is 0 Å². The smallest absolute Gasteiger partial charge is 0.310 e. The quantitative estimate of drug-likeness (QED) is 0.332. The zero-order valence-corrected chi connectivity index (χ0v) is 14.2. The van der Waals surface area contributed by atoms with Gasteiger partial charge in [0.05, 0.1) is 12.0 Å². The van der Waals surface area contributed by atoms with Crippen LogP contribution in [-0.2, 0) is 9.53 Å². The third kappa shape index (κ3) is 3.36. The molecule has 0 heterocycles. The van der Waals surface area contributed by atoms with E-state index in [4.69, 9.17) is 4.74 Å². The maximum Gasteiger partial charge on any atom is 0.310 e. The van der Waals surface area contributed by atoms with Crippen LogP contribution < -0.4 is 0 Å². The maximum absolute atomic E-state index is 12.1. The van der Waals surface area contributed by atoms with E-state index in [0.717, 1.165) is 16.4 Å². The summed E-state index contributed by atoms with van der Waals surface area (Å²) in [6.07, 6.45) is 4.18. The monoisotopic (exact) mass is 394 g/mol. The van der Waals surface area contributed by atoms with Crippen molar-refractivity contribution in [2.24, 2.45) is 11.3 Å². The van der Waals surface area contributed by atoms with E-state index < -0.39 is 11.7 Å². The third-order valence-electron chi connectivity index (χ3n) is 4.31. The van der Waals surface area contributed by atoms with E-state index in [0.29, 0.717) is 19.3 Å². The lowest BCUT2D eigenvalue weighted by Gasteiger charge is -2.48. The summed E-state index contributed by atoms with van der Waals surface area (Å²) in [5, 5.41) is 19.7. The van der Waals surface area contributed by atoms with Crippen LogP contribution in [0.2, 0.25) is 0 Å². The number of alkyl halides is 1. The molecule has 1 saturated carbocycles. The van der Waals surface area contributed by atoms with Crippen LogP contribution in [0.3, 0.4) is 0 Å². The summed E-state index contributed by atoms with van der Waals surface area (Å²) in [5.41, 5.74) is 0.0966. The summed E-state index contributed by atoms with van der Waals surface area (Å²) in [5.74, 6) is -0.310. The van der Waals surface area contributed by atoms with Gasteiger partial charge in [-0.25, -0.2) is 0 Å². The summed E-state index contributed by atoms with van der Waals surface area (Å²) in [7, 11) is 0. The summed E-state index contributed by atoms with van der Waals surface area (Å²) in [6.45, 7) is 3.79. The van der Waals surface area contributed by atoms with Crippen molar-refractivity contribution in [3.05, 3.63) is 11.6 Å². The fraction of sp³-hybridized carbons (Fsp3) is 0.800. The number of ether oxygens (including phenoxy) is 1. The van der Waals surface area contributed by atoms with Crippen LogP contribution in [-0.4, -0.2) is 38.9 Å². The lowest BCUT2D eigenvalue weighted by Crippen LogP contribution is -2.47. The molecule has 1 fully saturated rings. The summed E-state index contributed by atoms with van der Waals surface area (Å²) in [6, 6.07) is 0. The molecule has 4 unspecified atom stereocenters. The van der Waals surface area contributed by atoms with Gasteiger partial charge in [0.1, 0.15) is 5.60 Å². The van der Waals surface area contributed by atoms with Crippen LogP contribution in [0.4, 0.5) is 0 Å².